The molecule has 0 bridgehead atoms. The van der Waals surface area contributed by atoms with Gasteiger partial charge in [0.1, 0.15) is 15.9 Å². The quantitative estimate of drug-likeness (QED) is 0.438. The SMILES string of the molecule is Cc1ccc(S(=O)(=O)Oc2ccnn3nccc23)cc1.O=c1cc[nH]n2nccc12. The zero-order chi connectivity index (χ0) is 21.1. The van der Waals surface area contributed by atoms with Crippen LogP contribution in [0.25, 0.3) is 11.0 Å². The van der Waals surface area contributed by atoms with Gasteiger partial charge >= 0.3 is 10.1 Å². The topological polar surface area (TPSA) is 124 Å². The summed E-state index contributed by atoms with van der Waals surface area (Å²) in [7, 11) is -3.87. The monoisotopic (exact) mass is 424 g/mol. The van der Waals surface area contributed by atoms with Gasteiger partial charge in [-0.1, -0.05) is 17.7 Å². The molecule has 0 aliphatic heterocycles. The molecule has 11 heteroatoms. The van der Waals surface area contributed by atoms with Crippen molar-refractivity contribution in [3.05, 3.63) is 89.1 Å². The van der Waals surface area contributed by atoms with Gasteiger partial charge in [-0.2, -0.15) is 28.3 Å². The van der Waals surface area contributed by atoms with E-state index in [-0.39, 0.29) is 16.1 Å². The molecule has 0 saturated carbocycles. The van der Waals surface area contributed by atoms with Crippen LogP contribution in [0.5, 0.6) is 5.75 Å². The highest BCUT2D eigenvalue weighted by molar-refractivity contribution is 7.87. The molecule has 0 aliphatic rings. The van der Waals surface area contributed by atoms with E-state index in [1.54, 1.807) is 36.7 Å². The minimum absolute atomic E-state index is 0.0174. The number of fused-ring (bicyclic) bond motifs is 2. The zero-order valence-electron chi connectivity index (χ0n) is 15.7. The summed E-state index contributed by atoms with van der Waals surface area (Å²) in [6, 6.07) is 12.7. The number of aromatic amines is 1. The summed E-state index contributed by atoms with van der Waals surface area (Å²) in [6.45, 7) is 1.88. The Balaban J connectivity index is 0.000000181. The Kier molecular flexibility index (Phi) is 5.02. The van der Waals surface area contributed by atoms with Crippen LogP contribution in [0.2, 0.25) is 0 Å². The van der Waals surface area contributed by atoms with Crippen molar-refractivity contribution >= 4 is 21.2 Å². The summed E-state index contributed by atoms with van der Waals surface area (Å²) >= 11 is 0. The lowest BCUT2D eigenvalue weighted by Gasteiger charge is -2.07. The first-order valence-corrected chi connectivity index (χ1v) is 10.2. The predicted octanol–water partition coefficient (Wildman–Crippen LogP) is 1.83. The maximum Gasteiger partial charge on any atom is 0.339 e. The van der Waals surface area contributed by atoms with Crippen LogP contribution >= 0.6 is 0 Å². The molecule has 0 amide bonds. The maximum absolute atomic E-state index is 12.2. The van der Waals surface area contributed by atoms with E-state index in [1.807, 2.05) is 6.92 Å². The van der Waals surface area contributed by atoms with Gasteiger partial charge in [-0.3, -0.25) is 9.89 Å². The van der Waals surface area contributed by atoms with Crippen molar-refractivity contribution in [2.45, 2.75) is 11.8 Å². The Labute approximate surface area is 170 Å². The van der Waals surface area contributed by atoms with E-state index in [0.29, 0.717) is 11.0 Å². The van der Waals surface area contributed by atoms with E-state index in [9.17, 15) is 13.2 Å². The fourth-order valence-electron chi connectivity index (χ4n) is 2.62. The van der Waals surface area contributed by atoms with Gasteiger partial charge < -0.3 is 4.18 Å². The molecule has 0 unspecified atom stereocenters. The van der Waals surface area contributed by atoms with E-state index >= 15 is 0 Å². The van der Waals surface area contributed by atoms with Crippen LogP contribution in [0.3, 0.4) is 0 Å². The Morgan fingerprint density at radius 3 is 2.27 bits per heavy atom. The van der Waals surface area contributed by atoms with Gasteiger partial charge in [0, 0.05) is 18.3 Å². The fourth-order valence-corrected chi connectivity index (χ4v) is 3.56. The molecule has 0 spiro atoms. The number of nitrogens with one attached hydrogen (secondary N) is 1. The fraction of sp³-hybridized carbons (Fsp3) is 0.0526. The van der Waals surface area contributed by atoms with Crippen molar-refractivity contribution in [1.82, 2.24) is 29.7 Å². The molecule has 0 aliphatic carbocycles. The van der Waals surface area contributed by atoms with Crippen LogP contribution in [-0.2, 0) is 10.1 Å². The van der Waals surface area contributed by atoms with Gasteiger partial charge in [0.15, 0.2) is 5.75 Å². The van der Waals surface area contributed by atoms with Crippen LogP contribution < -0.4 is 9.61 Å². The summed E-state index contributed by atoms with van der Waals surface area (Å²) in [5.41, 5.74) is 2.02. The smallest absolute Gasteiger partial charge is 0.339 e. The van der Waals surface area contributed by atoms with E-state index in [4.69, 9.17) is 4.18 Å². The van der Waals surface area contributed by atoms with Crippen molar-refractivity contribution in [3.8, 4) is 5.75 Å². The summed E-state index contributed by atoms with van der Waals surface area (Å²) in [5, 5.41) is 14.5. The number of rotatable bonds is 3. The molecule has 4 heterocycles. The third kappa shape index (κ3) is 3.91. The Bertz CT molecular complexity index is 1470. The standard InChI is InChI=1S/C13H11N3O3S.C6H5N3O/c1-10-2-4-11(5-3-10)20(17,18)19-13-7-9-15-16-12(13)6-8-14-16;10-6-2-4-8-9-5(6)1-3-7-9/h2-9H,1H3;1-4,8H. The van der Waals surface area contributed by atoms with E-state index < -0.39 is 10.1 Å². The third-order valence-electron chi connectivity index (χ3n) is 4.11. The highest BCUT2D eigenvalue weighted by Gasteiger charge is 2.18. The molecular formula is C19H16N6O4S. The van der Waals surface area contributed by atoms with E-state index in [1.165, 1.54) is 45.9 Å². The molecule has 1 N–H and O–H groups in total. The number of hydrogen-bond acceptors (Lipinski definition) is 7. The molecule has 0 fully saturated rings. The first-order valence-electron chi connectivity index (χ1n) is 8.76. The number of aromatic nitrogens is 6. The molecule has 4 aromatic heterocycles. The number of hydrogen-bond donors (Lipinski definition) is 1. The normalized spacial score (nSPS) is 11.2. The van der Waals surface area contributed by atoms with Crippen molar-refractivity contribution in [3.63, 3.8) is 0 Å². The van der Waals surface area contributed by atoms with Crippen LogP contribution in [-0.4, -0.2) is 38.1 Å². The summed E-state index contributed by atoms with van der Waals surface area (Å²) in [6.07, 6.45) is 6.09. The minimum Gasteiger partial charge on any atom is -0.377 e. The largest absolute Gasteiger partial charge is 0.377 e. The van der Waals surface area contributed by atoms with E-state index in [0.717, 1.165) is 5.56 Å². The molecule has 30 heavy (non-hydrogen) atoms. The van der Waals surface area contributed by atoms with Crippen LogP contribution in [0.1, 0.15) is 5.56 Å². The van der Waals surface area contributed by atoms with Gasteiger partial charge in [0.25, 0.3) is 0 Å². The van der Waals surface area contributed by atoms with Crippen molar-refractivity contribution in [2.75, 3.05) is 0 Å². The molecule has 1 aromatic carbocycles. The Morgan fingerprint density at radius 1 is 0.867 bits per heavy atom. The molecule has 152 valence electrons. The second kappa shape index (κ2) is 7.79. The van der Waals surface area contributed by atoms with E-state index in [2.05, 4.69) is 20.4 Å². The molecule has 5 aromatic rings. The highest BCUT2D eigenvalue weighted by Crippen LogP contribution is 2.22. The molecular weight excluding hydrogens is 408 g/mol. The number of benzene rings is 1. The first kappa shape index (κ1) is 19.3. The molecule has 0 radical (unpaired) electrons. The van der Waals surface area contributed by atoms with Crippen LogP contribution in [0.15, 0.2) is 83.0 Å². The number of nitrogens with zero attached hydrogens (tertiary/aromatic N) is 5. The van der Waals surface area contributed by atoms with Crippen LogP contribution in [0, 0.1) is 6.92 Å². The highest BCUT2D eigenvalue weighted by atomic mass is 32.2. The predicted molar refractivity (Wildman–Crippen MR) is 108 cm³/mol. The summed E-state index contributed by atoms with van der Waals surface area (Å²) in [5.74, 6) is 0.193. The summed E-state index contributed by atoms with van der Waals surface area (Å²) in [4.78, 5) is 11.1. The van der Waals surface area contributed by atoms with Crippen molar-refractivity contribution in [2.24, 2.45) is 0 Å². The lowest BCUT2D eigenvalue weighted by molar-refractivity contribution is 0.486. The third-order valence-corrected chi connectivity index (χ3v) is 5.36. The second-order valence-electron chi connectivity index (χ2n) is 6.21. The first-order chi connectivity index (χ1) is 14.4. The average Bonchev–Trinajstić information content (AvgIpc) is 3.39. The number of H-pyrrole nitrogens is 1. The lowest BCUT2D eigenvalue weighted by Crippen LogP contribution is -2.10. The summed E-state index contributed by atoms with van der Waals surface area (Å²) < 4.78 is 32.3. The Morgan fingerprint density at radius 2 is 1.53 bits per heavy atom. The average molecular weight is 424 g/mol. The van der Waals surface area contributed by atoms with Gasteiger partial charge in [0.2, 0.25) is 5.43 Å². The number of aryl methyl sites for hydroxylation is 1. The van der Waals surface area contributed by atoms with Gasteiger partial charge in [-0.15, -0.1) is 4.63 Å². The molecule has 5 rings (SSSR count). The second-order valence-corrected chi connectivity index (χ2v) is 7.75. The zero-order valence-corrected chi connectivity index (χ0v) is 16.5. The van der Waals surface area contributed by atoms with Crippen molar-refractivity contribution < 1.29 is 12.6 Å². The Hall–Kier alpha value is -3.99. The maximum atomic E-state index is 12.2. The lowest BCUT2D eigenvalue weighted by atomic mass is 10.2. The van der Waals surface area contributed by atoms with Gasteiger partial charge in [0.05, 0.1) is 18.6 Å². The minimum atomic E-state index is -3.87. The molecule has 0 atom stereocenters. The van der Waals surface area contributed by atoms with Gasteiger partial charge in [-0.25, -0.2) is 0 Å². The molecule has 0 saturated heterocycles. The van der Waals surface area contributed by atoms with Crippen LogP contribution in [0.4, 0.5) is 0 Å². The van der Waals surface area contributed by atoms with Gasteiger partial charge in [-0.05, 0) is 31.2 Å². The molecule has 10 nitrogen and oxygen atoms in total. The van der Waals surface area contributed by atoms with Crippen molar-refractivity contribution in [1.29, 1.82) is 0 Å².